The Morgan fingerprint density at radius 1 is 1.00 bits per heavy atom. The smallest absolute Gasteiger partial charge is 0.256 e. The Labute approximate surface area is 110 Å². The van der Waals surface area contributed by atoms with E-state index in [2.05, 4.69) is 0 Å². The van der Waals surface area contributed by atoms with Crippen molar-refractivity contribution >= 4 is 5.91 Å². The molecule has 1 amide bonds. The summed E-state index contributed by atoms with van der Waals surface area (Å²) >= 11 is 0. The van der Waals surface area contributed by atoms with E-state index < -0.39 is 11.7 Å². The quantitative estimate of drug-likeness (QED) is 0.830. The third-order valence-corrected chi connectivity index (χ3v) is 2.82. The lowest BCUT2D eigenvalue weighted by atomic mass is 10.1. The molecule has 0 spiro atoms. The van der Waals surface area contributed by atoms with Crippen molar-refractivity contribution in [2.75, 3.05) is 7.05 Å². The molecule has 0 saturated heterocycles. The Hall–Kier alpha value is -2.23. The van der Waals surface area contributed by atoms with Crippen LogP contribution in [0.15, 0.2) is 48.5 Å². The van der Waals surface area contributed by atoms with Crippen LogP contribution in [-0.4, -0.2) is 17.9 Å². The van der Waals surface area contributed by atoms with E-state index in [1.54, 1.807) is 24.3 Å². The lowest BCUT2D eigenvalue weighted by Crippen LogP contribution is -2.27. The number of halogens is 2. The second-order valence-electron chi connectivity index (χ2n) is 4.23. The number of hydrogen-bond acceptors (Lipinski definition) is 1. The van der Waals surface area contributed by atoms with Crippen LogP contribution in [0.25, 0.3) is 0 Å². The van der Waals surface area contributed by atoms with Gasteiger partial charge in [0.25, 0.3) is 5.91 Å². The summed E-state index contributed by atoms with van der Waals surface area (Å²) in [7, 11) is 1.52. The molecule has 2 aromatic rings. The van der Waals surface area contributed by atoms with Crippen molar-refractivity contribution in [2.24, 2.45) is 0 Å². The topological polar surface area (TPSA) is 20.3 Å². The van der Waals surface area contributed by atoms with Crippen LogP contribution >= 0.6 is 0 Å². The fraction of sp³-hybridized carbons (Fsp3) is 0.133. The van der Waals surface area contributed by atoms with Crippen LogP contribution in [0.1, 0.15) is 15.9 Å². The first-order chi connectivity index (χ1) is 9.09. The third kappa shape index (κ3) is 2.96. The maximum Gasteiger partial charge on any atom is 0.256 e. The first-order valence-corrected chi connectivity index (χ1v) is 5.83. The number of carbonyl (C=O) groups excluding carboxylic acids is 1. The molecule has 4 heteroatoms. The molecule has 19 heavy (non-hydrogen) atoms. The van der Waals surface area contributed by atoms with E-state index in [9.17, 15) is 13.6 Å². The molecule has 0 aliphatic rings. The van der Waals surface area contributed by atoms with E-state index in [4.69, 9.17) is 0 Å². The predicted octanol–water partition coefficient (Wildman–Crippen LogP) is 3.24. The number of carbonyl (C=O) groups is 1. The highest BCUT2D eigenvalue weighted by Crippen LogP contribution is 2.13. The van der Waals surface area contributed by atoms with Gasteiger partial charge in [0.1, 0.15) is 11.6 Å². The molecule has 0 aromatic heterocycles. The van der Waals surface area contributed by atoms with Crippen LogP contribution in [0.4, 0.5) is 8.78 Å². The van der Waals surface area contributed by atoms with Crippen molar-refractivity contribution in [2.45, 2.75) is 6.54 Å². The summed E-state index contributed by atoms with van der Waals surface area (Å²) < 4.78 is 27.0. The number of amides is 1. The van der Waals surface area contributed by atoms with Crippen molar-refractivity contribution in [1.29, 1.82) is 0 Å². The van der Waals surface area contributed by atoms with Gasteiger partial charge in [0.05, 0.1) is 5.56 Å². The highest BCUT2D eigenvalue weighted by molar-refractivity contribution is 5.94. The van der Waals surface area contributed by atoms with Gasteiger partial charge in [-0.3, -0.25) is 4.79 Å². The molecule has 0 unspecified atom stereocenters. The van der Waals surface area contributed by atoms with Crippen LogP contribution in [0.3, 0.4) is 0 Å². The molecule has 0 N–H and O–H groups in total. The molecule has 2 nitrogen and oxygen atoms in total. The summed E-state index contributed by atoms with van der Waals surface area (Å²) in [6, 6.07) is 11.9. The summed E-state index contributed by atoms with van der Waals surface area (Å²) in [4.78, 5) is 13.3. The Balaban J connectivity index is 2.17. The minimum absolute atomic E-state index is 0.0126. The van der Waals surface area contributed by atoms with E-state index in [1.165, 1.54) is 36.2 Å². The van der Waals surface area contributed by atoms with Crippen LogP contribution in [0.5, 0.6) is 0 Å². The summed E-state index contributed by atoms with van der Waals surface area (Å²) in [6.07, 6.45) is 0. The normalized spacial score (nSPS) is 10.3. The molecule has 2 rings (SSSR count). The molecule has 0 saturated carbocycles. The van der Waals surface area contributed by atoms with Crippen molar-refractivity contribution in [3.8, 4) is 0 Å². The van der Waals surface area contributed by atoms with Crippen LogP contribution < -0.4 is 0 Å². The molecule has 0 bridgehead atoms. The molecule has 0 aliphatic heterocycles. The van der Waals surface area contributed by atoms with Gasteiger partial charge in [0, 0.05) is 19.2 Å². The first kappa shape index (κ1) is 13.2. The second kappa shape index (κ2) is 5.61. The molecule has 0 atom stereocenters. The van der Waals surface area contributed by atoms with Gasteiger partial charge in [-0.05, 0) is 18.2 Å². The minimum atomic E-state index is -0.576. The zero-order valence-corrected chi connectivity index (χ0v) is 10.4. The number of rotatable bonds is 3. The third-order valence-electron chi connectivity index (χ3n) is 2.82. The SMILES string of the molecule is CN(Cc1ccccc1F)C(=O)c1ccccc1F. The van der Waals surface area contributed by atoms with Gasteiger partial charge in [-0.15, -0.1) is 0 Å². The Kier molecular flexibility index (Phi) is 3.90. The molecule has 2 aromatic carbocycles. The standard InChI is InChI=1S/C15H13F2NO/c1-18(10-11-6-2-4-8-13(11)16)15(19)12-7-3-5-9-14(12)17/h2-9H,10H2,1H3. The predicted molar refractivity (Wildman–Crippen MR) is 68.6 cm³/mol. The van der Waals surface area contributed by atoms with Gasteiger partial charge in [0.15, 0.2) is 0 Å². The number of benzene rings is 2. The van der Waals surface area contributed by atoms with Gasteiger partial charge in [-0.1, -0.05) is 30.3 Å². The number of hydrogen-bond donors (Lipinski definition) is 0. The second-order valence-corrected chi connectivity index (χ2v) is 4.23. The van der Waals surface area contributed by atoms with E-state index in [-0.39, 0.29) is 17.9 Å². The maximum atomic E-state index is 13.5. The van der Waals surface area contributed by atoms with Gasteiger partial charge >= 0.3 is 0 Å². The average molecular weight is 261 g/mol. The molecule has 0 heterocycles. The van der Waals surface area contributed by atoms with Gasteiger partial charge < -0.3 is 4.90 Å². The van der Waals surface area contributed by atoms with Crippen molar-refractivity contribution in [1.82, 2.24) is 4.90 Å². The van der Waals surface area contributed by atoms with Gasteiger partial charge in [-0.2, -0.15) is 0 Å². The van der Waals surface area contributed by atoms with Crippen molar-refractivity contribution < 1.29 is 13.6 Å². The lowest BCUT2D eigenvalue weighted by Gasteiger charge is -2.18. The summed E-state index contributed by atoms with van der Waals surface area (Å²) in [6.45, 7) is 0.0971. The van der Waals surface area contributed by atoms with Crippen molar-refractivity contribution in [3.63, 3.8) is 0 Å². The zero-order valence-electron chi connectivity index (χ0n) is 10.4. The molecular formula is C15H13F2NO. The first-order valence-electron chi connectivity index (χ1n) is 5.83. The van der Waals surface area contributed by atoms with Gasteiger partial charge in [-0.25, -0.2) is 8.78 Å². The Bertz CT molecular complexity index is 598. The highest BCUT2D eigenvalue weighted by Gasteiger charge is 2.16. The monoisotopic (exact) mass is 261 g/mol. The molecular weight excluding hydrogens is 248 g/mol. The van der Waals surface area contributed by atoms with E-state index in [1.807, 2.05) is 0 Å². The summed E-state index contributed by atoms with van der Waals surface area (Å²) in [5.41, 5.74) is 0.385. The average Bonchev–Trinajstić information content (AvgIpc) is 2.41. The summed E-state index contributed by atoms with van der Waals surface area (Å²) in [5, 5.41) is 0. The van der Waals surface area contributed by atoms with E-state index in [0.717, 1.165) is 0 Å². The fourth-order valence-electron chi connectivity index (χ4n) is 1.79. The molecule has 0 fully saturated rings. The van der Waals surface area contributed by atoms with Crippen LogP contribution in [0.2, 0.25) is 0 Å². The van der Waals surface area contributed by atoms with Gasteiger partial charge in [0.2, 0.25) is 0 Å². The Morgan fingerprint density at radius 2 is 1.58 bits per heavy atom. The van der Waals surface area contributed by atoms with Crippen LogP contribution in [0, 0.1) is 11.6 Å². The van der Waals surface area contributed by atoms with E-state index >= 15 is 0 Å². The maximum absolute atomic E-state index is 13.5. The molecule has 0 aliphatic carbocycles. The fourth-order valence-corrected chi connectivity index (χ4v) is 1.79. The largest absolute Gasteiger partial charge is 0.337 e. The van der Waals surface area contributed by atoms with Crippen LogP contribution in [-0.2, 0) is 6.54 Å². The van der Waals surface area contributed by atoms with E-state index in [0.29, 0.717) is 5.56 Å². The number of nitrogens with zero attached hydrogens (tertiary/aromatic N) is 1. The Morgan fingerprint density at radius 3 is 2.21 bits per heavy atom. The highest BCUT2D eigenvalue weighted by atomic mass is 19.1. The summed E-state index contributed by atoms with van der Waals surface area (Å²) in [5.74, 6) is -1.43. The molecule has 98 valence electrons. The zero-order chi connectivity index (χ0) is 13.8. The van der Waals surface area contributed by atoms with Crippen molar-refractivity contribution in [3.05, 3.63) is 71.3 Å². The minimum Gasteiger partial charge on any atom is -0.337 e. The lowest BCUT2D eigenvalue weighted by molar-refractivity contribution is 0.0779. The molecule has 0 radical (unpaired) electrons.